The molecule has 0 aromatic heterocycles. The maximum absolute atomic E-state index is 11.4. The fraction of sp³-hybridized carbons (Fsp3) is 0.500. The number of rotatable bonds is 9. The molecule has 7 heteroatoms. The molecular weight excluding hydrogens is 274 g/mol. The summed E-state index contributed by atoms with van der Waals surface area (Å²) in [6.45, 7) is 4.66. The SMILES string of the molecule is CCNC(C)(CCCOc1cccc([N+](=O)[O-])c1)C(N)=O. The average Bonchev–Trinajstić information content (AvgIpc) is 2.44. The molecule has 0 aliphatic rings. The first kappa shape index (κ1) is 16.9. The van der Waals surface area contributed by atoms with Gasteiger partial charge in [-0.1, -0.05) is 13.0 Å². The quantitative estimate of drug-likeness (QED) is 0.409. The van der Waals surface area contributed by atoms with E-state index >= 15 is 0 Å². The zero-order valence-corrected chi connectivity index (χ0v) is 12.3. The monoisotopic (exact) mass is 295 g/mol. The third-order valence-electron chi connectivity index (χ3n) is 3.23. The van der Waals surface area contributed by atoms with E-state index in [2.05, 4.69) is 5.32 Å². The van der Waals surface area contributed by atoms with Crippen molar-refractivity contribution in [2.24, 2.45) is 5.73 Å². The third-order valence-corrected chi connectivity index (χ3v) is 3.23. The molecular formula is C14H21N3O4. The molecule has 0 saturated carbocycles. The summed E-state index contributed by atoms with van der Waals surface area (Å²) in [6.07, 6.45) is 1.14. The summed E-state index contributed by atoms with van der Waals surface area (Å²) >= 11 is 0. The van der Waals surface area contributed by atoms with Gasteiger partial charge in [0.05, 0.1) is 23.1 Å². The zero-order valence-electron chi connectivity index (χ0n) is 12.3. The zero-order chi connectivity index (χ0) is 15.9. The normalized spacial score (nSPS) is 13.4. The summed E-state index contributed by atoms with van der Waals surface area (Å²) in [4.78, 5) is 21.6. The minimum atomic E-state index is -0.763. The Morgan fingerprint density at radius 2 is 2.24 bits per heavy atom. The second-order valence-corrected chi connectivity index (χ2v) is 4.93. The molecule has 0 saturated heterocycles. The molecule has 0 radical (unpaired) electrons. The van der Waals surface area contributed by atoms with Crippen LogP contribution in [0.15, 0.2) is 24.3 Å². The van der Waals surface area contributed by atoms with Crippen molar-refractivity contribution >= 4 is 11.6 Å². The highest BCUT2D eigenvalue weighted by Gasteiger charge is 2.29. The van der Waals surface area contributed by atoms with Gasteiger partial charge in [-0.15, -0.1) is 0 Å². The van der Waals surface area contributed by atoms with Crippen molar-refractivity contribution in [2.45, 2.75) is 32.2 Å². The van der Waals surface area contributed by atoms with Crippen molar-refractivity contribution < 1.29 is 14.5 Å². The molecule has 1 aromatic rings. The van der Waals surface area contributed by atoms with Crippen LogP contribution in [0.1, 0.15) is 26.7 Å². The summed E-state index contributed by atoms with van der Waals surface area (Å²) in [7, 11) is 0. The van der Waals surface area contributed by atoms with Crippen molar-refractivity contribution in [3.8, 4) is 5.75 Å². The van der Waals surface area contributed by atoms with Crippen molar-refractivity contribution in [1.29, 1.82) is 0 Å². The molecule has 1 unspecified atom stereocenters. The number of nitrogens with zero attached hydrogens (tertiary/aromatic N) is 1. The highest BCUT2D eigenvalue weighted by molar-refractivity contribution is 5.84. The number of primary amides is 1. The van der Waals surface area contributed by atoms with E-state index in [1.807, 2.05) is 6.92 Å². The van der Waals surface area contributed by atoms with E-state index < -0.39 is 16.4 Å². The van der Waals surface area contributed by atoms with Crippen LogP contribution in [0.2, 0.25) is 0 Å². The van der Waals surface area contributed by atoms with Gasteiger partial charge >= 0.3 is 0 Å². The topological polar surface area (TPSA) is 107 Å². The van der Waals surface area contributed by atoms with E-state index in [1.54, 1.807) is 19.1 Å². The largest absolute Gasteiger partial charge is 0.493 e. The molecule has 0 aliphatic heterocycles. The number of likely N-dealkylation sites (N-methyl/N-ethyl adjacent to an activating group) is 1. The Kier molecular flexibility index (Phi) is 6.10. The Bertz CT molecular complexity index is 507. The number of nitro benzene ring substituents is 1. The van der Waals surface area contributed by atoms with Crippen LogP contribution in [-0.2, 0) is 4.79 Å². The lowest BCUT2D eigenvalue weighted by molar-refractivity contribution is -0.384. The van der Waals surface area contributed by atoms with Crippen LogP contribution in [0.25, 0.3) is 0 Å². The Morgan fingerprint density at radius 3 is 2.81 bits per heavy atom. The number of ether oxygens (including phenoxy) is 1. The Balaban J connectivity index is 2.48. The number of amides is 1. The second kappa shape index (κ2) is 7.58. The number of carbonyl (C=O) groups excluding carboxylic acids is 1. The number of nitrogens with two attached hydrogens (primary N) is 1. The molecule has 0 aliphatic carbocycles. The number of nitrogens with one attached hydrogen (secondary N) is 1. The van der Waals surface area contributed by atoms with Crippen molar-refractivity contribution in [2.75, 3.05) is 13.2 Å². The average molecular weight is 295 g/mol. The summed E-state index contributed by atoms with van der Waals surface area (Å²) in [5.74, 6) is 0.0353. The Labute approximate surface area is 123 Å². The molecule has 0 heterocycles. The first-order valence-electron chi connectivity index (χ1n) is 6.81. The van der Waals surface area contributed by atoms with Crippen LogP contribution in [0, 0.1) is 10.1 Å². The number of hydrogen-bond donors (Lipinski definition) is 2. The molecule has 1 aromatic carbocycles. The van der Waals surface area contributed by atoms with Crippen LogP contribution in [0.4, 0.5) is 5.69 Å². The van der Waals surface area contributed by atoms with E-state index in [9.17, 15) is 14.9 Å². The number of non-ortho nitro benzene ring substituents is 1. The van der Waals surface area contributed by atoms with E-state index in [4.69, 9.17) is 10.5 Å². The van der Waals surface area contributed by atoms with Gasteiger partial charge in [-0.3, -0.25) is 14.9 Å². The molecule has 3 N–H and O–H groups in total. The minimum Gasteiger partial charge on any atom is -0.493 e. The van der Waals surface area contributed by atoms with E-state index in [-0.39, 0.29) is 5.69 Å². The lowest BCUT2D eigenvalue weighted by Crippen LogP contribution is -2.53. The Hall–Kier alpha value is -2.15. The predicted molar refractivity (Wildman–Crippen MR) is 79.1 cm³/mol. The van der Waals surface area contributed by atoms with E-state index in [1.165, 1.54) is 12.1 Å². The van der Waals surface area contributed by atoms with Gasteiger partial charge in [0.15, 0.2) is 0 Å². The lowest BCUT2D eigenvalue weighted by Gasteiger charge is -2.26. The molecule has 116 valence electrons. The molecule has 1 atom stereocenters. The fourth-order valence-corrected chi connectivity index (χ4v) is 1.99. The van der Waals surface area contributed by atoms with Gasteiger partial charge in [0.2, 0.25) is 5.91 Å². The van der Waals surface area contributed by atoms with Crippen LogP contribution in [-0.4, -0.2) is 29.5 Å². The molecule has 0 spiro atoms. The third kappa shape index (κ3) is 5.03. The summed E-state index contributed by atoms with van der Waals surface area (Å²) < 4.78 is 5.47. The molecule has 1 amide bonds. The predicted octanol–water partition coefficient (Wildman–Crippen LogP) is 1.61. The van der Waals surface area contributed by atoms with Crippen LogP contribution in [0.3, 0.4) is 0 Å². The van der Waals surface area contributed by atoms with Crippen LogP contribution in [0.5, 0.6) is 5.75 Å². The first-order valence-corrected chi connectivity index (χ1v) is 6.81. The highest BCUT2D eigenvalue weighted by Crippen LogP contribution is 2.20. The van der Waals surface area contributed by atoms with Gasteiger partial charge in [-0.2, -0.15) is 0 Å². The number of benzene rings is 1. The summed E-state index contributed by atoms with van der Waals surface area (Å²) in [6, 6.07) is 6.00. The number of carbonyl (C=O) groups is 1. The molecule has 7 nitrogen and oxygen atoms in total. The van der Waals surface area contributed by atoms with Gasteiger partial charge in [0.25, 0.3) is 5.69 Å². The van der Waals surface area contributed by atoms with Crippen LogP contribution < -0.4 is 15.8 Å². The minimum absolute atomic E-state index is 0.0119. The maximum atomic E-state index is 11.4. The van der Waals surface area contributed by atoms with E-state index in [0.717, 1.165) is 0 Å². The number of hydrogen-bond acceptors (Lipinski definition) is 5. The highest BCUT2D eigenvalue weighted by atomic mass is 16.6. The molecule has 1 rings (SSSR count). The Morgan fingerprint density at radius 1 is 1.52 bits per heavy atom. The lowest BCUT2D eigenvalue weighted by atomic mass is 9.95. The van der Waals surface area contributed by atoms with Crippen molar-refractivity contribution in [3.63, 3.8) is 0 Å². The van der Waals surface area contributed by atoms with Crippen molar-refractivity contribution in [1.82, 2.24) is 5.32 Å². The molecule has 0 fully saturated rings. The first-order chi connectivity index (χ1) is 9.89. The van der Waals surface area contributed by atoms with Crippen LogP contribution >= 0.6 is 0 Å². The summed E-state index contributed by atoms with van der Waals surface area (Å²) in [5, 5.41) is 13.7. The van der Waals surface area contributed by atoms with E-state index in [0.29, 0.717) is 31.7 Å². The summed E-state index contributed by atoms with van der Waals surface area (Å²) in [5.41, 5.74) is 4.61. The van der Waals surface area contributed by atoms with Gasteiger partial charge in [0, 0.05) is 6.07 Å². The molecule has 0 bridgehead atoms. The second-order valence-electron chi connectivity index (χ2n) is 4.93. The molecule has 21 heavy (non-hydrogen) atoms. The standard InChI is InChI=1S/C14H21N3O4/c1-3-16-14(2,13(15)18)8-5-9-21-12-7-4-6-11(10-12)17(19)20/h4,6-7,10,16H,3,5,8-9H2,1-2H3,(H2,15,18). The van der Waals surface area contributed by atoms with Gasteiger partial charge < -0.3 is 15.8 Å². The number of nitro groups is 1. The van der Waals surface area contributed by atoms with Gasteiger partial charge in [-0.05, 0) is 32.4 Å². The van der Waals surface area contributed by atoms with Gasteiger partial charge in [-0.25, -0.2) is 0 Å². The fourth-order valence-electron chi connectivity index (χ4n) is 1.99. The van der Waals surface area contributed by atoms with Crippen molar-refractivity contribution in [3.05, 3.63) is 34.4 Å². The van der Waals surface area contributed by atoms with Gasteiger partial charge in [0.1, 0.15) is 5.75 Å². The smallest absolute Gasteiger partial charge is 0.273 e. The maximum Gasteiger partial charge on any atom is 0.273 e.